The van der Waals surface area contributed by atoms with Crippen LogP contribution in [0.2, 0.25) is 0 Å². The molecule has 17 heavy (non-hydrogen) atoms. The molecule has 1 aromatic carbocycles. The predicted octanol–water partition coefficient (Wildman–Crippen LogP) is 4.69. The summed E-state index contributed by atoms with van der Waals surface area (Å²) in [5, 5.41) is 1.42. The van der Waals surface area contributed by atoms with E-state index in [9.17, 15) is 0 Å². The highest BCUT2D eigenvalue weighted by Crippen LogP contribution is 2.35. The van der Waals surface area contributed by atoms with Crippen LogP contribution in [0.3, 0.4) is 0 Å². The molecule has 1 N–H and O–H groups in total. The van der Waals surface area contributed by atoms with Crippen LogP contribution in [-0.4, -0.2) is 4.98 Å². The summed E-state index contributed by atoms with van der Waals surface area (Å²) in [6, 6.07) is 6.56. The highest BCUT2D eigenvalue weighted by molar-refractivity contribution is 9.10. The van der Waals surface area contributed by atoms with Crippen molar-refractivity contribution < 1.29 is 0 Å². The molecule has 2 aromatic rings. The molecule has 90 valence electrons. The van der Waals surface area contributed by atoms with E-state index in [1.165, 1.54) is 40.3 Å². The molecule has 1 aliphatic carbocycles. The van der Waals surface area contributed by atoms with E-state index in [0.29, 0.717) is 0 Å². The van der Waals surface area contributed by atoms with Crippen LogP contribution in [0.15, 0.2) is 22.7 Å². The van der Waals surface area contributed by atoms with Crippen molar-refractivity contribution in [2.75, 3.05) is 0 Å². The number of hydrogen-bond acceptors (Lipinski definition) is 0. The van der Waals surface area contributed by atoms with E-state index in [-0.39, 0.29) is 0 Å². The molecule has 1 atom stereocenters. The predicted molar refractivity (Wildman–Crippen MR) is 76.4 cm³/mol. The summed E-state index contributed by atoms with van der Waals surface area (Å²) in [5.41, 5.74) is 4.32. The number of nitrogens with one attached hydrogen (secondary N) is 1. The SMILES string of the molecule is CC(C)C1CCc2[nH]c3ccc(Br)cc3c2C1. The summed E-state index contributed by atoms with van der Waals surface area (Å²) >= 11 is 3.58. The van der Waals surface area contributed by atoms with Crippen molar-refractivity contribution in [2.45, 2.75) is 33.1 Å². The monoisotopic (exact) mass is 291 g/mol. The van der Waals surface area contributed by atoms with Gasteiger partial charge in [-0.2, -0.15) is 0 Å². The molecule has 1 aliphatic rings. The van der Waals surface area contributed by atoms with Gasteiger partial charge in [-0.3, -0.25) is 0 Å². The first-order valence-electron chi connectivity index (χ1n) is 6.44. The molecule has 0 saturated carbocycles. The van der Waals surface area contributed by atoms with Crippen molar-refractivity contribution >= 4 is 26.8 Å². The zero-order chi connectivity index (χ0) is 12.0. The summed E-state index contributed by atoms with van der Waals surface area (Å²) in [7, 11) is 0. The molecule has 3 rings (SSSR count). The van der Waals surface area contributed by atoms with Gasteiger partial charge in [-0.05, 0) is 54.9 Å². The summed E-state index contributed by atoms with van der Waals surface area (Å²) in [5.74, 6) is 1.64. The lowest BCUT2D eigenvalue weighted by atomic mass is 9.80. The van der Waals surface area contributed by atoms with Gasteiger partial charge < -0.3 is 4.98 Å². The molecule has 0 amide bonds. The fraction of sp³-hybridized carbons (Fsp3) is 0.467. The standard InChI is InChI=1S/C15H18BrN/c1-9(2)10-3-5-14-12(7-10)13-8-11(16)4-6-15(13)17-14/h4,6,8-10,17H,3,5,7H2,1-2H3. The smallest absolute Gasteiger partial charge is 0.0459 e. The summed E-state index contributed by atoms with van der Waals surface area (Å²) in [6.45, 7) is 4.70. The molecule has 1 heterocycles. The van der Waals surface area contributed by atoms with Crippen LogP contribution in [0, 0.1) is 11.8 Å². The minimum Gasteiger partial charge on any atom is -0.358 e. The van der Waals surface area contributed by atoms with Gasteiger partial charge in [0.15, 0.2) is 0 Å². The van der Waals surface area contributed by atoms with E-state index in [1.807, 2.05) is 0 Å². The molecule has 2 heteroatoms. The maximum absolute atomic E-state index is 3.58. The lowest BCUT2D eigenvalue weighted by molar-refractivity contribution is 0.342. The number of benzene rings is 1. The molecular formula is C15H18BrN. The first-order chi connectivity index (χ1) is 8.15. The van der Waals surface area contributed by atoms with Gasteiger partial charge in [0, 0.05) is 21.1 Å². The second-order valence-corrected chi connectivity index (χ2v) is 6.43. The van der Waals surface area contributed by atoms with Gasteiger partial charge in [0.25, 0.3) is 0 Å². The molecule has 0 saturated heterocycles. The number of aryl methyl sites for hydroxylation is 1. The van der Waals surface area contributed by atoms with Gasteiger partial charge >= 0.3 is 0 Å². The average Bonchev–Trinajstić information content (AvgIpc) is 2.66. The zero-order valence-electron chi connectivity index (χ0n) is 10.4. The van der Waals surface area contributed by atoms with Crippen molar-refractivity contribution in [3.05, 3.63) is 33.9 Å². The first-order valence-corrected chi connectivity index (χ1v) is 7.23. The normalized spacial score (nSPS) is 19.9. The van der Waals surface area contributed by atoms with E-state index >= 15 is 0 Å². The van der Waals surface area contributed by atoms with Crippen LogP contribution in [0.5, 0.6) is 0 Å². The highest BCUT2D eigenvalue weighted by Gasteiger charge is 2.24. The van der Waals surface area contributed by atoms with E-state index in [0.717, 1.165) is 11.8 Å². The Kier molecular flexibility index (Phi) is 2.78. The Balaban J connectivity index is 2.10. The van der Waals surface area contributed by atoms with Gasteiger partial charge in [0.1, 0.15) is 0 Å². The van der Waals surface area contributed by atoms with Crippen molar-refractivity contribution in [3.8, 4) is 0 Å². The van der Waals surface area contributed by atoms with E-state index in [1.54, 1.807) is 5.56 Å². The molecule has 0 radical (unpaired) electrons. The van der Waals surface area contributed by atoms with Crippen molar-refractivity contribution in [1.82, 2.24) is 4.98 Å². The Morgan fingerprint density at radius 2 is 2.18 bits per heavy atom. The molecule has 0 bridgehead atoms. The van der Waals surface area contributed by atoms with Crippen LogP contribution in [0.1, 0.15) is 31.5 Å². The minimum atomic E-state index is 0.792. The molecule has 1 unspecified atom stereocenters. The molecule has 0 aliphatic heterocycles. The average molecular weight is 292 g/mol. The van der Waals surface area contributed by atoms with Crippen LogP contribution < -0.4 is 0 Å². The molecule has 1 nitrogen and oxygen atoms in total. The molecule has 0 spiro atoms. The summed E-state index contributed by atoms with van der Waals surface area (Å²) in [6.07, 6.45) is 3.78. The molecule has 1 aromatic heterocycles. The van der Waals surface area contributed by atoms with E-state index in [4.69, 9.17) is 0 Å². The number of aromatic nitrogens is 1. The number of rotatable bonds is 1. The maximum atomic E-state index is 3.58. The maximum Gasteiger partial charge on any atom is 0.0459 e. The van der Waals surface area contributed by atoms with Crippen LogP contribution >= 0.6 is 15.9 Å². The number of H-pyrrole nitrogens is 1. The van der Waals surface area contributed by atoms with Crippen molar-refractivity contribution in [1.29, 1.82) is 0 Å². The van der Waals surface area contributed by atoms with Gasteiger partial charge in [-0.15, -0.1) is 0 Å². The van der Waals surface area contributed by atoms with E-state index in [2.05, 4.69) is 53.0 Å². The lowest BCUT2D eigenvalue weighted by Crippen LogP contribution is -2.18. The first kappa shape index (κ1) is 11.3. The van der Waals surface area contributed by atoms with Crippen molar-refractivity contribution in [3.63, 3.8) is 0 Å². The van der Waals surface area contributed by atoms with Crippen LogP contribution in [0.25, 0.3) is 10.9 Å². The Labute approximate surface area is 111 Å². The second kappa shape index (κ2) is 4.16. The topological polar surface area (TPSA) is 15.8 Å². The van der Waals surface area contributed by atoms with Gasteiger partial charge in [-0.1, -0.05) is 29.8 Å². The number of aromatic amines is 1. The second-order valence-electron chi connectivity index (χ2n) is 5.52. The number of hydrogen-bond donors (Lipinski definition) is 1. The third kappa shape index (κ3) is 1.93. The van der Waals surface area contributed by atoms with Crippen LogP contribution in [-0.2, 0) is 12.8 Å². The summed E-state index contributed by atoms with van der Waals surface area (Å²) in [4.78, 5) is 3.58. The van der Waals surface area contributed by atoms with E-state index < -0.39 is 0 Å². The quantitative estimate of drug-likeness (QED) is 0.784. The Morgan fingerprint density at radius 3 is 2.94 bits per heavy atom. The highest BCUT2D eigenvalue weighted by atomic mass is 79.9. The third-order valence-corrected chi connectivity index (χ3v) is 4.62. The van der Waals surface area contributed by atoms with Gasteiger partial charge in [-0.25, -0.2) is 0 Å². The number of fused-ring (bicyclic) bond motifs is 3. The zero-order valence-corrected chi connectivity index (χ0v) is 12.0. The fourth-order valence-electron chi connectivity index (χ4n) is 2.99. The van der Waals surface area contributed by atoms with Crippen LogP contribution in [0.4, 0.5) is 0 Å². The van der Waals surface area contributed by atoms with Crippen molar-refractivity contribution in [2.24, 2.45) is 11.8 Å². The fourth-order valence-corrected chi connectivity index (χ4v) is 3.35. The Hall–Kier alpha value is -0.760. The summed E-state index contributed by atoms with van der Waals surface area (Å²) < 4.78 is 1.18. The third-order valence-electron chi connectivity index (χ3n) is 4.13. The van der Waals surface area contributed by atoms with Gasteiger partial charge in [0.05, 0.1) is 0 Å². The largest absolute Gasteiger partial charge is 0.358 e. The van der Waals surface area contributed by atoms with Gasteiger partial charge in [0.2, 0.25) is 0 Å². The Morgan fingerprint density at radius 1 is 1.35 bits per heavy atom. The Bertz CT molecular complexity index is 553. The number of halogens is 1. The molecular weight excluding hydrogens is 274 g/mol. The lowest BCUT2D eigenvalue weighted by Gasteiger charge is -2.25. The minimum absolute atomic E-state index is 0.792. The molecule has 0 fully saturated rings.